The molecule has 1 heterocycles. The molecule has 5 nitrogen and oxygen atoms in total. The Kier molecular flexibility index (Phi) is 3.26. The van der Waals surface area contributed by atoms with Crippen LogP contribution < -0.4 is 21.1 Å². The summed E-state index contributed by atoms with van der Waals surface area (Å²) in [5.74, 6) is 0.394. The van der Waals surface area contributed by atoms with Gasteiger partial charge in [0.2, 0.25) is 0 Å². The second-order valence-corrected chi connectivity index (χ2v) is 3.76. The highest BCUT2D eigenvalue weighted by Crippen LogP contribution is 2.19. The van der Waals surface area contributed by atoms with Crippen LogP contribution in [0.1, 0.15) is 6.42 Å². The van der Waals surface area contributed by atoms with Crippen molar-refractivity contribution in [3.05, 3.63) is 24.3 Å². The normalized spacial score (nSPS) is 19.4. The van der Waals surface area contributed by atoms with Gasteiger partial charge in [0.15, 0.2) is 5.75 Å². The predicted molar refractivity (Wildman–Crippen MR) is 61.3 cm³/mol. The van der Waals surface area contributed by atoms with Crippen molar-refractivity contribution >= 4 is 11.8 Å². The second kappa shape index (κ2) is 4.85. The van der Waals surface area contributed by atoms with Crippen LogP contribution in [0.4, 0.5) is 10.5 Å². The van der Waals surface area contributed by atoms with Gasteiger partial charge in [-0.2, -0.15) is 0 Å². The number of amides is 1. The molecule has 1 saturated heterocycles. The third kappa shape index (κ3) is 2.64. The van der Waals surface area contributed by atoms with E-state index in [0.717, 1.165) is 19.5 Å². The lowest BCUT2D eigenvalue weighted by molar-refractivity contribution is 0.197. The Morgan fingerprint density at radius 2 is 2.31 bits per heavy atom. The van der Waals surface area contributed by atoms with Gasteiger partial charge in [-0.3, -0.25) is 0 Å². The van der Waals surface area contributed by atoms with Gasteiger partial charge in [0, 0.05) is 12.6 Å². The lowest BCUT2D eigenvalue weighted by Gasteiger charge is -2.12. The molecule has 0 unspecified atom stereocenters. The zero-order valence-electron chi connectivity index (χ0n) is 8.90. The summed E-state index contributed by atoms with van der Waals surface area (Å²) in [6.45, 7) is 1.72. The van der Waals surface area contributed by atoms with Crippen molar-refractivity contribution in [2.75, 3.05) is 18.8 Å². The van der Waals surface area contributed by atoms with Gasteiger partial charge in [-0.05, 0) is 25.1 Å². The molecule has 2 rings (SSSR count). The molecule has 86 valence electrons. The Morgan fingerprint density at radius 1 is 1.50 bits per heavy atom. The molecule has 0 spiro atoms. The molecular weight excluding hydrogens is 206 g/mol. The molecule has 1 aromatic carbocycles. The topological polar surface area (TPSA) is 76.4 Å². The van der Waals surface area contributed by atoms with Gasteiger partial charge in [-0.25, -0.2) is 4.79 Å². The smallest absolute Gasteiger partial charge is 0.408 e. The molecule has 0 aromatic heterocycles. The first-order chi connectivity index (χ1) is 7.75. The summed E-state index contributed by atoms with van der Waals surface area (Å²) in [7, 11) is 0. The third-order valence-electron chi connectivity index (χ3n) is 2.50. The Labute approximate surface area is 94.0 Å². The van der Waals surface area contributed by atoms with Crippen molar-refractivity contribution in [1.29, 1.82) is 0 Å². The number of anilines is 1. The van der Waals surface area contributed by atoms with Crippen LogP contribution in [0.3, 0.4) is 0 Å². The van der Waals surface area contributed by atoms with E-state index < -0.39 is 6.09 Å². The van der Waals surface area contributed by atoms with E-state index in [1.165, 1.54) is 0 Å². The van der Waals surface area contributed by atoms with E-state index in [1.54, 1.807) is 24.3 Å². The second-order valence-electron chi connectivity index (χ2n) is 3.76. The maximum absolute atomic E-state index is 11.5. The van der Waals surface area contributed by atoms with E-state index in [2.05, 4.69) is 10.6 Å². The quantitative estimate of drug-likeness (QED) is 0.643. The molecule has 5 heteroatoms. The summed E-state index contributed by atoms with van der Waals surface area (Å²) in [6, 6.07) is 7.08. The fourth-order valence-electron chi connectivity index (χ4n) is 1.65. The Hall–Kier alpha value is -1.75. The summed E-state index contributed by atoms with van der Waals surface area (Å²) in [6.07, 6.45) is 0.478. The van der Waals surface area contributed by atoms with E-state index in [0.29, 0.717) is 11.4 Å². The van der Waals surface area contributed by atoms with Crippen LogP contribution in [0.5, 0.6) is 5.75 Å². The molecular formula is C11H15N3O2. The molecule has 1 atom stereocenters. The Balaban J connectivity index is 1.89. The zero-order valence-corrected chi connectivity index (χ0v) is 8.90. The van der Waals surface area contributed by atoms with E-state index in [9.17, 15) is 4.79 Å². The molecule has 4 N–H and O–H groups in total. The fourth-order valence-corrected chi connectivity index (χ4v) is 1.65. The predicted octanol–water partition coefficient (Wildman–Crippen LogP) is 0.719. The van der Waals surface area contributed by atoms with Gasteiger partial charge >= 0.3 is 6.09 Å². The average molecular weight is 221 g/mol. The number of carbonyl (C=O) groups is 1. The van der Waals surface area contributed by atoms with Crippen molar-refractivity contribution in [3.8, 4) is 5.75 Å². The number of benzene rings is 1. The third-order valence-corrected chi connectivity index (χ3v) is 2.50. The van der Waals surface area contributed by atoms with Gasteiger partial charge in [0.1, 0.15) is 0 Å². The van der Waals surface area contributed by atoms with Crippen molar-refractivity contribution in [3.63, 3.8) is 0 Å². The lowest BCUT2D eigenvalue weighted by Crippen LogP contribution is -2.38. The van der Waals surface area contributed by atoms with Crippen molar-refractivity contribution in [1.82, 2.24) is 10.6 Å². The molecule has 16 heavy (non-hydrogen) atoms. The number of hydrogen-bond acceptors (Lipinski definition) is 4. The molecule has 0 bridgehead atoms. The molecule has 1 fully saturated rings. The first-order valence-corrected chi connectivity index (χ1v) is 5.29. The number of para-hydroxylation sites is 2. The maximum Gasteiger partial charge on any atom is 0.412 e. The number of carbonyl (C=O) groups excluding carboxylic acids is 1. The maximum atomic E-state index is 11.5. The van der Waals surface area contributed by atoms with Crippen LogP contribution in [-0.4, -0.2) is 25.2 Å². The molecule has 1 amide bonds. The average Bonchev–Trinajstić information content (AvgIpc) is 2.74. The minimum absolute atomic E-state index is 0.150. The molecule has 1 aliphatic rings. The monoisotopic (exact) mass is 221 g/mol. The van der Waals surface area contributed by atoms with Crippen molar-refractivity contribution < 1.29 is 9.53 Å². The van der Waals surface area contributed by atoms with Crippen molar-refractivity contribution in [2.24, 2.45) is 0 Å². The number of nitrogens with two attached hydrogens (primary N) is 1. The van der Waals surface area contributed by atoms with Gasteiger partial charge < -0.3 is 21.1 Å². The van der Waals surface area contributed by atoms with Gasteiger partial charge in [0.05, 0.1) is 5.69 Å². The Morgan fingerprint density at radius 3 is 3.00 bits per heavy atom. The van der Waals surface area contributed by atoms with Crippen LogP contribution in [0.25, 0.3) is 0 Å². The van der Waals surface area contributed by atoms with E-state index >= 15 is 0 Å². The minimum atomic E-state index is -0.452. The SMILES string of the molecule is Nc1ccccc1OC(=O)N[C@H]1CCNC1. The summed E-state index contributed by atoms with van der Waals surface area (Å²) >= 11 is 0. The minimum Gasteiger partial charge on any atom is -0.408 e. The molecule has 1 aliphatic heterocycles. The van der Waals surface area contributed by atoms with Gasteiger partial charge in [-0.1, -0.05) is 12.1 Å². The number of rotatable bonds is 2. The highest BCUT2D eigenvalue weighted by atomic mass is 16.6. The number of hydrogen-bond donors (Lipinski definition) is 3. The van der Waals surface area contributed by atoms with Crippen molar-refractivity contribution in [2.45, 2.75) is 12.5 Å². The lowest BCUT2D eigenvalue weighted by atomic mass is 10.3. The van der Waals surface area contributed by atoms with E-state index in [4.69, 9.17) is 10.5 Å². The molecule has 0 radical (unpaired) electrons. The van der Waals surface area contributed by atoms with Crippen LogP contribution in [0.2, 0.25) is 0 Å². The summed E-state index contributed by atoms with van der Waals surface area (Å²) in [5.41, 5.74) is 6.12. The highest BCUT2D eigenvalue weighted by molar-refractivity contribution is 5.73. The Bertz CT molecular complexity index is 375. The van der Waals surface area contributed by atoms with Gasteiger partial charge in [-0.15, -0.1) is 0 Å². The number of nitrogens with one attached hydrogen (secondary N) is 2. The number of nitrogen functional groups attached to an aromatic ring is 1. The largest absolute Gasteiger partial charge is 0.412 e. The van der Waals surface area contributed by atoms with Crippen LogP contribution in [0.15, 0.2) is 24.3 Å². The number of ether oxygens (including phenoxy) is 1. The zero-order chi connectivity index (χ0) is 11.4. The first-order valence-electron chi connectivity index (χ1n) is 5.29. The molecule has 0 saturated carbocycles. The fraction of sp³-hybridized carbons (Fsp3) is 0.364. The van der Waals surface area contributed by atoms with Crippen LogP contribution in [0, 0.1) is 0 Å². The summed E-state index contributed by atoms with van der Waals surface area (Å²) in [5, 5.41) is 5.93. The molecule has 1 aromatic rings. The first kappa shape index (κ1) is 10.8. The van der Waals surface area contributed by atoms with Crippen LogP contribution in [-0.2, 0) is 0 Å². The van der Waals surface area contributed by atoms with Gasteiger partial charge in [0.25, 0.3) is 0 Å². The van der Waals surface area contributed by atoms with Crippen LogP contribution >= 0.6 is 0 Å². The standard InChI is InChI=1S/C11H15N3O2/c12-9-3-1-2-4-10(9)16-11(15)14-8-5-6-13-7-8/h1-4,8,13H,5-7,12H2,(H,14,15)/t8-/m0/s1. The summed E-state index contributed by atoms with van der Waals surface area (Å²) < 4.78 is 5.10. The van der Waals surface area contributed by atoms with E-state index in [1.807, 2.05) is 0 Å². The summed E-state index contributed by atoms with van der Waals surface area (Å²) in [4.78, 5) is 11.5. The molecule has 0 aliphatic carbocycles. The highest BCUT2D eigenvalue weighted by Gasteiger charge is 2.17. The van der Waals surface area contributed by atoms with E-state index in [-0.39, 0.29) is 6.04 Å².